The predicted octanol–water partition coefficient (Wildman–Crippen LogP) is 1.23. The van der Waals surface area contributed by atoms with Crippen LogP contribution in [0.15, 0.2) is 0 Å². The Morgan fingerprint density at radius 3 is 2.62 bits per heavy atom. The molecule has 1 saturated heterocycles. The number of ether oxygens (including phenoxy) is 1. The third-order valence-electron chi connectivity index (χ3n) is 3.92. The Bertz CT molecular complexity index is 754. The molecule has 1 N–H and O–H groups in total. The normalized spacial score (nSPS) is 18.3. The average molecular weight is 374 g/mol. The molecule has 9 nitrogen and oxygen atoms in total. The molecule has 2 aliphatic heterocycles. The lowest BCUT2D eigenvalue weighted by atomic mass is 10.2. The summed E-state index contributed by atoms with van der Waals surface area (Å²) < 4.78 is 29.3. The topological polar surface area (TPSA) is 109 Å². The largest absolute Gasteiger partial charge is 0.422 e. The van der Waals surface area contributed by atoms with Crippen LogP contribution in [0.3, 0.4) is 0 Å². The molecule has 0 bridgehead atoms. The first kappa shape index (κ1) is 17.1. The summed E-state index contributed by atoms with van der Waals surface area (Å²) in [4.78, 5) is 30.1. The highest BCUT2D eigenvalue weighted by molar-refractivity contribution is 7.88. The van der Waals surface area contributed by atoms with Gasteiger partial charge in [0, 0.05) is 37.5 Å². The van der Waals surface area contributed by atoms with Crippen molar-refractivity contribution in [1.82, 2.24) is 14.2 Å². The number of hydrogen-bond acceptors (Lipinski definition) is 7. The van der Waals surface area contributed by atoms with Gasteiger partial charge >= 0.3 is 12.2 Å². The van der Waals surface area contributed by atoms with E-state index >= 15 is 0 Å². The quantitative estimate of drug-likeness (QED) is 0.780. The summed E-state index contributed by atoms with van der Waals surface area (Å²) in [7, 11) is -3.26. The maximum absolute atomic E-state index is 11.8. The first-order valence-electron chi connectivity index (χ1n) is 7.54. The SMILES string of the molecule is CS(=O)(=O)N1CCc2nc(NC(=O)OC(=O)N3CCCC3)sc2C1. The molecule has 11 heteroatoms. The van der Waals surface area contributed by atoms with Crippen molar-refractivity contribution in [3.63, 3.8) is 0 Å². The number of carbonyl (C=O) groups excluding carboxylic acids is 2. The van der Waals surface area contributed by atoms with Crippen LogP contribution in [-0.2, 0) is 27.7 Å². The molecule has 1 aromatic heterocycles. The molecule has 24 heavy (non-hydrogen) atoms. The third kappa shape index (κ3) is 3.84. The molecule has 0 aromatic carbocycles. The molecule has 0 aliphatic carbocycles. The Kier molecular flexibility index (Phi) is 4.74. The Labute approximate surface area is 143 Å². The number of likely N-dealkylation sites (tertiary alicyclic amines) is 1. The molecule has 0 unspecified atom stereocenters. The van der Waals surface area contributed by atoms with E-state index in [1.54, 1.807) is 0 Å². The fourth-order valence-electron chi connectivity index (χ4n) is 2.66. The van der Waals surface area contributed by atoms with Crippen molar-refractivity contribution in [3.05, 3.63) is 10.6 Å². The number of carbonyl (C=O) groups is 2. The van der Waals surface area contributed by atoms with Gasteiger partial charge in [0.2, 0.25) is 10.0 Å². The van der Waals surface area contributed by atoms with E-state index in [1.165, 1.54) is 26.8 Å². The summed E-state index contributed by atoms with van der Waals surface area (Å²) in [5.74, 6) is 0. The Balaban J connectivity index is 1.60. The fraction of sp³-hybridized carbons (Fsp3) is 0.615. The van der Waals surface area contributed by atoms with Crippen molar-refractivity contribution in [2.75, 3.05) is 31.2 Å². The molecule has 2 amide bonds. The summed E-state index contributed by atoms with van der Waals surface area (Å²) in [6, 6.07) is 0. The Morgan fingerprint density at radius 2 is 1.96 bits per heavy atom. The molecule has 1 aromatic rings. The maximum Gasteiger partial charge on any atom is 0.422 e. The van der Waals surface area contributed by atoms with Crippen LogP contribution in [0.5, 0.6) is 0 Å². The zero-order valence-electron chi connectivity index (χ0n) is 13.1. The monoisotopic (exact) mass is 374 g/mol. The van der Waals surface area contributed by atoms with Crippen molar-refractivity contribution in [2.24, 2.45) is 0 Å². The summed E-state index contributed by atoms with van der Waals surface area (Å²) >= 11 is 1.19. The maximum atomic E-state index is 11.8. The van der Waals surface area contributed by atoms with E-state index < -0.39 is 22.2 Å². The van der Waals surface area contributed by atoms with Crippen LogP contribution < -0.4 is 5.32 Å². The Morgan fingerprint density at radius 1 is 1.25 bits per heavy atom. The molecule has 0 saturated carbocycles. The van der Waals surface area contributed by atoms with Crippen LogP contribution in [0.25, 0.3) is 0 Å². The number of hydrogen-bond donors (Lipinski definition) is 1. The van der Waals surface area contributed by atoms with Gasteiger partial charge in [-0.2, -0.15) is 4.31 Å². The van der Waals surface area contributed by atoms with Gasteiger partial charge in [-0.1, -0.05) is 11.3 Å². The molecule has 2 aliphatic rings. The lowest BCUT2D eigenvalue weighted by molar-refractivity contribution is 0.132. The van der Waals surface area contributed by atoms with E-state index in [0.29, 0.717) is 31.2 Å². The molecular weight excluding hydrogens is 356 g/mol. The number of sulfonamides is 1. The second-order valence-electron chi connectivity index (χ2n) is 5.71. The molecule has 0 atom stereocenters. The zero-order valence-corrected chi connectivity index (χ0v) is 14.8. The first-order chi connectivity index (χ1) is 11.3. The van der Waals surface area contributed by atoms with E-state index in [9.17, 15) is 18.0 Å². The molecule has 0 spiro atoms. The zero-order chi connectivity index (χ0) is 17.3. The second kappa shape index (κ2) is 6.65. The lowest BCUT2D eigenvalue weighted by Gasteiger charge is -2.23. The molecule has 0 radical (unpaired) electrons. The molecule has 132 valence electrons. The molecular formula is C13H18N4O5S2. The predicted molar refractivity (Wildman–Crippen MR) is 87.4 cm³/mol. The van der Waals surface area contributed by atoms with Crippen LogP contribution in [0.1, 0.15) is 23.4 Å². The summed E-state index contributed by atoms with van der Waals surface area (Å²) in [6.07, 6.45) is 1.94. The van der Waals surface area contributed by atoms with Gasteiger partial charge in [-0.3, -0.25) is 5.32 Å². The van der Waals surface area contributed by atoms with Crippen LogP contribution >= 0.6 is 11.3 Å². The van der Waals surface area contributed by atoms with E-state index in [4.69, 9.17) is 4.74 Å². The van der Waals surface area contributed by atoms with Crippen molar-refractivity contribution < 1.29 is 22.7 Å². The summed E-state index contributed by atoms with van der Waals surface area (Å²) in [5.41, 5.74) is 0.765. The van der Waals surface area contributed by atoms with Gasteiger partial charge < -0.3 is 9.64 Å². The lowest BCUT2D eigenvalue weighted by Crippen LogP contribution is -2.34. The number of fused-ring (bicyclic) bond motifs is 1. The van der Waals surface area contributed by atoms with Crippen molar-refractivity contribution in [1.29, 1.82) is 0 Å². The number of amides is 2. The number of aromatic nitrogens is 1. The molecule has 1 fully saturated rings. The number of anilines is 1. The van der Waals surface area contributed by atoms with E-state index in [0.717, 1.165) is 23.4 Å². The number of nitrogens with one attached hydrogen (secondary N) is 1. The van der Waals surface area contributed by atoms with Gasteiger partial charge in [0.1, 0.15) is 0 Å². The highest BCUT2D eigenvalue weighted by Crippen LogP contribution is 2.29. The Hall–Kier alpha value is -1.72. The highest BCUT2D eigenvalue weighted by atomic mass is 32.2. The first-order valence-corrected chi connectivity index (χ1v) is 10.2. The summed E-state index contributed by atoms with van der Waals surface area (Å²) in [5, 5.41) is 2.74. The summed E-state index contributed by atoms with van der Waals surface area (Å²) in [6.45, 7) is 1.81. The fourth-order valence-corrected chi connectivity index (χ4v) is 4.54. The van der Waals surface area contributed by atoms with Gasteiger partial charge in [0.15, 0.2) is 5.13 Å². The van der Waals surface area contributed by atoms with Gasteiger partial charge in [-0.15, -0.1) is 0 Å². The van der Waals surface area contributed by atoms with Gasteiger partial charge in [-0.25, -0.2) is 23.0 Å². The minimum atomic E-state index is -3.26. The minimum Gasteiger partial charge on any atom is -0.359 e. The van der Waals surface area contributed by atoms with Gasteiger partial charge in [0.25, 0.3) is 0 Å². The van der Waals surface area contributed by atoms with Crippen molar-refractivity contribution in [2.45, 2.75) is 25.8 Å². The van der Waals surface area contributed by atoms with Gasteiger partial charge in [0.05, 0.1) is 11.9 Å². The van der Waals surface area contributed by atoms with Crippen LogP contribution in [0, 0.1) is 0 Å². The van der Waals surface area contributed by atoms with Crippen molar-refractivity contribution in [3.8, 4) is 0 Å². The third-order valence-corrected chi connectivity index (χ3v) is 6.17. The second-order valence-corrected chi connectivity index (χ2v) is 8.78. The van der Waals surface area contributed by atoms with Crippen LogP contribution in [0.2, 0.25) is 0 Å². The van der Waals surface area contributed by atoms with E-state index in [1.807, 2.05) is 0 Å². The molecule has 3 rings (SSSR count). The molecule has 3 heterocycles. The number of rotatable bonds is 2. The average Bonchev–Trinajstić information content (AvgIpc) is 3.14. The highest BCUT2D eigenvalue weighted by Gasteiger charge is 2.27. The number of thiazole rings is 1. The minimum absolute atomic E-state index is 0.245. The standard InChI is InChI=1S/C13H18N4O5S2/c1-24(20,21)17-7-4-9-10(8-17)23-11(14-9)15-12(18)22-13(19)16-5-2-3-6-16/h2-8H2,1H3,(H,14,15,18). The van der Waals surface area contributed by atoms with E-state index in [2.05, 4.69) is 10.3 Å². The van der Waals surface area contributed by atoms with Crippen LogP contribution in [0.4, 0.5) is 14.7 Å². The van der Waals surface area contributed by atoms with Crippen molar-refractivity contribution >= 4 is 38.7 Å². The smallest absolute Gasteiger partial charge is 0.359 e. The van der Waals surface area contributed by atoms with Gasteiger partial charge in [-0.05, 0) is 12.8 Å². The van der Waals surface area contributed by atoms with Crippen LogP contribution in [-0.4, -0.2) is 60.7 Å². The number of nitrogens with zero attached hydrogens (tertiary/aromatic N) is 3. The van der Waals surface area contributed by atoms with E-state index in [-0.39, 0.29) is 6.54 Å².